The lowest BCUT2D eigenvalue weighted by Gasteiger charge is -2.30. The normalized spacial score (nSPS) is 20.6. The van der Waals surface area contributed by atoms with Gasteiger partial charge in [0.1, 0.15) is 12.4 Å². The standard InChI is InChI=1S/C18H12N2O3S/c21-17(22)10-5-6-14-12(7-10)16-11(9-23-14)8-20-13-3-1-2-4-15(13)24-18(20)19-16/h1-6,8H,7,9H2,(H,21,22). The van der Waals surface area contributed by atoms with Crippen LogP contribution in [-0.2, 0) is 9.53 Å². The first-order valence-electron chi connectivity index (χ1n) is 7.57. The quantitative estimate of drug-likeness (QED) is 0.851. The molecule has 0 spiro atoms. The van der Waals surface area contributed by atoms with Gasteiger partial charge in [-0.15, -0.1) is 0 Å². The maximum Gasteiger partial charge on any atom is 0.331 e. The minimum Gasteiger partial charge on any atom is -0.488 e. The van der Waals surface area contributed by atoms with E-state index in [9.17, 15) is 9.90 Å². The van der Waals surface area contributed by atoms with Gasteiger partial charge in [0.15, 0.2) is 5.17 Å². The zero-order valence-corrected chi connectivity index (χ0v) is 13.3. The lowest BCUT2D eigenvalue weighted by Crippen LogP contribution is -2.27. The summed E-state index contributed by atoms with van der Waals surface area (Å²) in [7, 11) is 0. The van der Waals surface area contributed by atoms with Crippen molar-refractivity contribution >= 4 is 28.6 Å². The number of thioether (sulfide) groups is 1. The highest BCUT2D eigenvalue weighted by Gasteiger charge is 2.34. The highest BCUT2D eigenvalue weighted by molar-refractivity contribution is 8.14. The van der Waals surface area contributed by atoms with Gasteiger partial charge in [0, 0.05) is 34.2 Å². The largest absolute Gasteiger partial charge is 0.488 e. The third-order valence-electron chi connectivity index (χ3n) is 4.37. The summed E-state index contributed by atoms with van der Waals surface area (Å²) in [5.41, 5.74) is 4.17. The molecule has 0 amide bonds. The summed E-state index contributed by atoms with van der Waals surface area (Å²) < 4.78 is 5.81. The third kappa shape index (κ3) is 1.89. The second-order valence-corrected chi connectivity index (χ2v) is 6.82. The molecule has 0 bridgehead atoms. The SMILES string of the molecule is O=C(O)C1=CC=C2OCC3=CN4C(=NC3=C2C1)Sc1ccccc14. The van der Waals surface area contributed by atoms with Crippen LogP contribution in [0.1, 0.15) is 6.42 Å². The van der Waals surface area contributed by atoms with Crippen LogP contribution in [-0.4, -0.2) is 22.9 Å². The minimum absolute atomic E-state index is 0.336. The molecule has 1 N–H and O–H groups in total. The predicted molar refractivity (Wildman–Crippen MR) is 91.7 cm³/mol. The Morgan fingerprint density at radius 3 is 3.04 bits per heavy atom. The number of allylic oxidation sites excluding steroid dienone is 3. The Morgan fingerprint density at radius 1 is 1.29 bits per heavy atom. The van der Waals surface area contributed by atoms with Crippen LogP contribution in [0.25, 0.3) is 0 Å². The number of carboxylic acid groups (broad SMARTS) is 1. The first-order valence-corrected chi connectivity index (χ1v) is 8.39. The Labute approximate surface area is 142 Å². The second-order valence-electron chi connectivity index (χ2n) is 5.81. The smallest absolute Gasteiger partial charge is 0.331 e. The molecule has 1 aliphatic carbocycles. The number of nitrogens with zero attached hydrogens (tertiary/aromatic N) is 2. The lowest BCUT2D eigenvalue weighted by molar-refractivity contribution is -0.132. The molecular weight excluding hydrogens is 324 g/mol. The molecule has 0 saturated carbocycles. The van der Waals surface area contributed by atoms with E-state index in [-0.39, 0.29) is 0 Å². The Bertz CT molecular complexity index is 953. The fourth-order valence-corrected chi connectivity index (χ4v) is 4.20. The first-order chi connectivity index (χ1) is 11.7. The number of para-hydroxylation sites is 1. The Morgan fingerprint density at radius 2 is 2.17 bits per heavy atom. The van der Waals surface area contributed by atoms with Gasteiger partial charge in [-0.25, -0.2) is 9.79 Å². The van der Waals surface area contributed by atoms with E-state index >= 15 is 0 Å². The summed E-state index contributed by atoms with van der Waals surface area (Å²) >= 11 is 1.63. The summed E-state index contributed by atoms with van der Waals surface area (Å²) in [4.78, 5) is 19.4. The number of fused-ring (bicyclic) bond motifs is 5. The van der Waals surface area contributed by atoms with Crippen LogP contribution in [0.2, 0.25) is 0 Å². The highest BCUT2D eigenvalue weighted by Crippen LogP contribution is 2.46. The summed E-state index contributed by atoms with van der Waals surface area (Å²) in [6, 6.07) is 8.18. The molecule has 0 fully saturated rings. The number of ether oxygens (including phenoxy) is 1. The van der Waals surface area contributed by atoms with Gasteiger partial charge in [0.2, 0.25) is 0 Å². The van der Waals surface area contributed by atoms with Gasteiger partial charge in [-0.3, -0.25) is 4.90 Å². The summed E-state index contributed by atoms with van der Waals surface area (Å²) in [5.74, 6) is -0.173. The van der Waals surface area contributed by atoms with Crippen molar-refractivity contribution in [1.82, 2.24) is 0 Å². The van der Waals surface area contributed by atoms with Crippen LogP contribution in [0.15, 0.2) is 80.7 Å². The zero-order chi connectivity index (χ0) is 16.3. The fourth-order valence-electron chi connectivity index (χ4n) is 3.20. The second kappa shape index (κ2) is 4.88. The van der Waals surface area contributed by atoms with Crippen LogP contribution >= 0.6 is 11.8 Å². The van der Waals surface area contributed by atoms with Crippen LogP contribution in [0.4, 0.5) is 5.69 Å². The number of carboxylic acids is 1. The topological polar surface area (TPSA) is 62.1 Å². The number of aliphatic imine (C=N–C) groups is 1. The number of rotatable bonds is 1. The molecule has 5 nitrogen and oxygen atoms in total. The number of hydrogen-bond acceptors (Lipinski definition) is 5. The van der Waals surface area contributed by atoms with Gasteiger partial charge in [0.25, 0.3) is 0 Å². The molecule has 0 atom stereocenters. The molecule has 0 saturated heterocycles. The molecule has 1 aromatic rings. The van der Waals surface area contributed by atoms with Crippen molar-refractivity contribution in [3.8, 4) is 0 Å². The van der Waals surface area contributed by atoms with Gasteiger partial charge >= 0.3 is 5.97 Å². The van der Waals surface area contributed by atoms with E-state index in [1.165, 1.54) is 4.90 Å². The summed E-state index contributed by atoms with van der Waals surface area (Å²) in [6.45, 7) is 0.445. The van der Waals surface area contributed by atoms with Crippen LogP contribution in [0.5, 0.6) is 0 Å². The molecule has 0 radical (unpaired) electrons. The van der Waals surface area contributed by atoms with Crippen molar-refractivity contribution in [2.75, 3.05) is 11.5 Å². The van der Waals surface area contributed by atoms with Crippen molar-refractivity contribution < 1.29 is 14.6 Å². The highest BCUT2D eigenvalue weighted by atomic mass is 32.2. The van der Waals surface area contributed by atoms with Gasteiger partial charge in [-0.2, -0.15) is 0 Å². The molecule has 5 rings (SSSR count). The molecule has 3 aliphatic heterocycles. The maximum absolute atomic E-state index is 11.3. The van der Waals surface area contributed by atoms with Gasteiger partial charge in [-0.05, 0) is 36.0 Å². The van der Waals surface area contributed by atoms with Crippen LogP contribution in [0, 0.1) is 0 Å². The lowest BCUT2D eigenvalue weighted by atomic mass is 9.92. The third-order valence-corrected chi connectivity index (χ3v) is 5.41. The van der Waals surface area contributed by atoms with Crippen molar-refractivity contribution in [2.45, 2.75) is 11.3 Å². The zero-order valence-electron chi connectivity index (χ0n) is 12.5. The van der Waals surface area contributed by atoms with E-state index in [0.717, 1.165) is 33.5 Å². The monoisotopic (exact) mass is 336 g/mol. The molecule has 4 aliphatic rings. The maximum atomic E-state index is 11.3. The van der Waals surface area contributed by atoms with E-state index in [2.05, 4.69) is 23.2 Å². The number of benzene rings is 1. The van der Waals surface area contributed by atoms with Crippen molar-refractivity contribution in [2.24, 2.45) is 4.99 Å². The fraction of sp³-hybridized carbons (Fsp3) is 0.111. The molecule has 6 heteroatoms. The molecule has 0 unspecified atom stereocenters. The number of amidine groups is 1. The van der Waals surface area contributed by atoms with Gasteiger partial charge < -0.3 is 9.84 Å². The Kier molecular flexibility index (Phi) is 2.78. The predicted octanol–water partition coefficient (Wildman–Crippen LogP) is 3.44. The molecular formula is C18H12N2O3S. The van der Waals surface area contributed by atoms with Gasteiger partial charge in [0.05, 0.1) is 11.4 Å². The molecule has 24 heavy (non-hydrogen) atoms. The van der Waals surface area contributed by atoms with Crippen molar-refractivity contribution in [1.29, 1.82) is 0 Å². The van der Waals surface area contributed by atoms with E-state index in [1.54, 1.807) is 23.9 Å². The van der Waals surface area contributed by atoms with Crippen molar-refractivity contribution in [3.05, 3.63) is 70.8 Å². The number of hydrogen-bond donors (Lipinski definition) is 1. The molecule has 3 heterocycles. The summed E-state index contributed by atoms with van der Waals surface area (Å²) in [6.07, 6.45) is 5.73. The Hall–Kier alpha value is -2.73. The average Bonchev–Trinajstić information content (AvgIpc) is 2.97. The van der Waals surface area contributed by atoms with Crippen molar-refractivity contribution in [3.63, 3.8) is 0 Å². The van der Waals surface area contributed by atoms with E-state index in [4.69, 9.17) is 9.73 Å². The van der Waals surface area contributed by atoms with Gasteiger partial charge in [-0.1, -0.05) is 12.1 Å². The Balaban J connectivity index is 1.63. The van der Waals surface area contributed by atoms with Crippen LogP contribution < -0.4 is 4.90 Å². The minimum atomic E-state index is -0.901. The first kappa shape index (κ1) is 13.7. The average molecular weight is 336 g/mol. The number of carbonyl (C=O) groups is 1. The number of aliphatic carboxylic acids is 1. The molecule has 0 aromatic heterocycles. The van der Waals surface area contributed by atoms with E-state index < -0.39 is 5.97 Å². The summed E-state index contributed by atoms with van der Waals surface area (Å²) in [5, 5.41) is 10.2. The van der Waals surface area contributed by atoms with E-state index in [1.807, 2.05) is 12.1 Å². The van der Waals surface area contributed by atoms with Crippen LogP contribution in [0.3, 0.4) is 0 Å². The number of anilines is 1. The molecule has 118 valence electrons. The molecule has 1 aromatic carbocycles. The van der Waals surface area contributed by atoms with E-state index in [0.29, 0.717) is 18.6 Å².